The maximum atomic E-state index is 10.7. The first-order chi connectivity index (χ1) is 5.66. The SMILES string of the molecule is CC(C)OC(=O)OCCCCO. The zero-order chi connectivity index (χ0) is 9.40. The molecular weight excluding hydrogens is 160 g/mol. The Kier molecular flexibility index (Phi) is 6.47. The lowest BCUT2D eigenvalue weighted by molar-refractivity contribution is 0.0330. The minimum atomic E-state index is -0.636. The predicted molar refractivity (Wildman–Crippen MR) is 43.9 cm³/mol. The number of hydrogen-bond donors (Lipinski definition) is 1. The van der Waals surface area contributed by atoms with Gasteiger partial charge in [-0.15, -0.1) is 0 Å². The highest BCUT2D eigenvalue weighted by molar-refractivity contribution is 5.59. The molecule has 4 heteroatoms. The van der Waals surface area contributed by atoms with Crippen LogP contribution >= 0.6 is 0 Å². The van der Waals surface area contributed by atoms with Crippen LogP contribution in [0.5, 0.6) is 0 Å². The molecule has 0 radical (unpaired) electrons. The molecule has 72 valence electrons. The Morgan fingerprint density at radius 2 is 2.08 bits per heavy atom. The normalized spacial score (nSPS) is 10.0. The van der Waals surface area contributed by atoms with E-state index in [0.717, 1.165) is 0 Å². The van der Waals surface area contributed by atoms with Crippen molar-refractivity contribution in [3.63, 3.8) is 0 Å². The lowest BCUT2D eigenvalue weighted by Crippen LogP contribution is -2.13. The van der Waals surface area contributed by atoms with Gasteiger partial charge in [0.2, 0.25) is 0 Å². The standard InChI is InChI=1S/C8H16O4/c1-7(2)12-8(10)11-6-4-3-5-9/h7,9H,3-6H2,1-2H3. The molecule has 0 amide bonds. The van der Waals surface area contributed by atoms with Crippen molar-refractivity contribution in [3.8, 4) is 0 Å². The third-order valence-corrected chi connectivity index (χ3v) is 1.10. The smallest absolute Gasteiger partial charge is 0.434 e. The Balaban J connectivity index is 3.20. The highest BCUT2D eigenvalue weighted by Crippen LogP contribution is 1.95. The molecule has 0 unspecified atom stereocenters. The highest BCUT2D eigenvalue weighted by Gasteiger charge is 2.04. The van der Waals surface area contributed by atoms with Crippen LogP contribution in [-0.2, 0) is 9.47 Å². The van der Waals surface area contributed by atoms with Gasteiger partial charge in [-0.25, -0.2) is 4.79 Å². The lowest BCUT2D eigenvalue weighted by atomic mass is 10.3. The van der Waals surface area contributed by atoms with Gasteiger partial charge >= 0.3 is 6.16 Å². The summed E-state index contributed by atoms with van der Waals surface area (Å²) in [5, 5.41) is 8.41. The first-order valence-corrected chi connectivity index (χ1v) is 4.11. The van der Waals surface area contributed by atoms with Gasteiger partial charge in [-0.1, -0.05) is 0 Å². The number of aliphatic hydroxyl groups is 1. The Labute approximate surface area is 72.5 Å². The van der Waals surface area contributed by atoms with Crippen LogP contribution in [0.4, 0.5) is 4.79 Å². The van der Waals surface area contributed by atoms with Gasteiger partial charge in [0.15, 0.2) is 0 Å². The predicted octanol–water partition coefficient (Wildman–Crippen LogP) is 1.32. The van der Waals surface area contributed by atoms with Crippen molar-refractivity contribution >= 4 is 6.16 Å². The molecule has 0 aliphatic heterocycles. The van der Waals surface area contributed by atoms with Crippen LogP contribution in [0.25, 0.3) is 0 Å². The van der Waals surface area contributed by atoms with Gasteiger partial charge in [0, 0.05) is 6.61 Å². The van der Waals surface area contributed by atoms with E-state index in [1.165, 1.54) is 0 Å². The lowest BCUT2D eigenvalue weighted by Gasteiger charge is -2.07. The van der Waals surface area contributed by atoms with Crippen molar-refractivity contribution < 1.29 is 19.4 Å². The van der Waals surface area contributed by atoms with E-state index in [0.29, 0.717) is 19.4 Å². The molecule has 4 nitrogen and oxygen atoms in total. The molecule has 0 rings (SSSR count). The molecule has 0 bridgehead atoms. The topological polar surface area (TPSA) is 55.8 Å². The van der Waals surface area contributed by atoms with Crippen molar-refractivity contribution in [1.29, 1.82) is 0 Å². The van der Waals surface area contributed by atoms with E-state index >= 15 is 0 Å². The fourth-order valence-electron chi connectivity index (χ4n) is 0.596. The summed E-state index contributed by atoms with van der Waals surface area (Å²) < 4.78 is 9.39. The Morgan fingerprint density at radius 3 is 2.58 bits per heavy atom. The summed E-state index contributed by atoms with van der Waals surface area (Å²) in [6, 6.07) is 0. The second kappa shape index (κ2) is 6.91. The zero-order valence-electron chi connectivity index (χ0n) is 7.58. The second-order valence-electron chi connectivity index (χ2n) is 2.70. The van der Waals surface area contributed by atoms with Gasteiger partial charge in [0.25, 0.3) is 0 Å². The molecule has 0 atom stereocenters. The van der Waals surface area contributed by atoms with Gasteiger partial charge < -0.3 is 14.6 Å². The molecule has 0 aromatic carbocycles. The van der Waals surface area contributed by atoms with Crippen LogP contribution in [-0.4, -0.2) is 30.6 Å². The van der Waals surface area contributed by atoms with Crippen LogP contribution in [0.2, 0.25) is 0 Å². The third kappa shape index (κ3) is 7.34. The molecule has 0 fully saturated rings. The zero-order valence-corrected chi connectivity index (χ0v) is 7.58. The molecule has 0 aliphatic carbocycles. The van der Waals surface area contributed by atoms with E-state index in [1.807, 2.05) is 0 Å². The third-order valence-electron chi connectivity index (χ3n) is 1.10. The fraction of sp³-hybridized carbons (Fsp3) is 0.875. The number of rotatable bonds is 5. The fourth-order valence-corrected chi connectivity index (χ4v) is 0.596. The highest BCUT2D eigenvalue weighted by atomic mass is 16.7. The van der Waals surface area contributed by atoms with Gasteiger partial charge in [-0.2, -0.15) is 0 Å². The molecule has 0 saturated heterocycles. The van der Waals surface area contributed by atoms with Crippen LogP contribution in [0, 0.1) is 0 Å². The minimum Gasteiger partial charge on any atom is -0.434 e. The van der Waals surface area contributed by atoms with Crippen LogP contribution in [0.15, 0.2) is 0 Å². The summed E-state index contributed by atoms with van der Waals surface area (Å²) in [5.41, 5.74) is 0. The van der Waals surface area contributed by atoms with Crippen LogP contribution < -0.4 is 0 Å². The minimum absolute atomic E-state index is 0.128. The van der Waals surface area contributed by atoms with Crippen molar-refractivity contribution in [2.75, 3.05) is 13.2 Å². The molecule has 0 saturated carbocycles. The van der Waals surface area contributed by atoms with Gasteiger partial charge in [-0.05, 0) is 26.7 Å². The summed E-state index contributed by atoms with van der Waals surface area (Å²) in [5.74, 6) is 0. The maximum absolute atomic E-state index is 10.7. The number of unbranched alkanes of at least 4 members (excludes halogenated alkanes) is 1. The summed E-state index contributed by atoms with van der Waals surface area (Å²) in [6.07, 6.45) is 0.539. The van der Waals surface area contributed by atoms with Gasteiger partial charge in [0.05, 0.1) is 12.7 Å². The average Bonchev–Trinajstić information content (AvgIpc) is 1.97. The van der Waals surface area contributed by atoms with E-state index < -0.39 is 6.16 Å². The molecule has 0 aromatic rings. The van der Waals surface area contributed by atoms with E-state index in [9.17, 15) is 4.79 Å². The number of aliphatic hydroxyl groups excluding tert-OH is 1. The number of carbonyl (C=O) groups excluding carboxylic acids is 1. The maximum Gasteiger partial charge on any atom is 0.508 e. The van der Waals surface area contributed by atoms with E-state index in [2.05, 4.69) is 4.74 Å². The average molecular weight is 176 g/mol. The van der Waals surface area contributed by atoms with Crippen molar-refractivity contribution in [2.45, 2.75) is 32.8 Å². The molecule has 0 spiro atoms. The van der Waals surface area contributed by atoms with E-state index in [1.54, 1.807) is 13.8 Å². The van der Waals surface area contributed by atoms with E-state index in [4.69, 9.17) is 9.84 Å². The molecule has 0 aromatic heterocycles. The number of ether oxygens (including phenoxy) is 2. The first kappa shape index (κ1) is 11.2. The molecule has 1 N–H and O–H groups in total. The van der Waals surface area contributed by atoms with Crippen molar-refractivity contribution in [1.82, 2.24) is 0 Å². The molecule has 12 heavy (non-hydrogen) atoms. The van der Waals surface area contributed by atoms with Gasteiger partial charge in [0.1, 0.15) is 0 Å². The van der Waals surface area contributed by atoms with Crippen LogP contribution in [0.1, 0.15) is 26.7 Å². The summed E-state index contributed by atoms with van der Waals surface area (Å²) >= 11 is 0. The monoisotopic (exact) mass is 176 g/mol. The summed E-state index contributed by atoms with van der Waals surface area (Å²) in [4.78, 5) is 10.7. The Bertz CT molecular complexity index is 122. The largest absolute Gasteiger partial charge is 0.508 e. The summed E-state index contributed by atoms with van der Waals surface area (Å²) in [6.45, 7) is 3.96. The molecule has 0 heterocycles. The Morgan fingerprint density at radius 1 is 1.42 bits per heavy atom. The second-order valence-corrected chi connectivity index (χ2v) is 2.70. The number of hydrogen-bond acceptors (Lipinski definition) is 4. The van der Waals surface area contributed by atoms with Crippen molar-refractivity contribution in [3.05, 3.63) is 0 Å². The summed E-state index contributed by atoms with van der Waals surface area (Å²) in [7, 11) is 0. The van der Waals surface area contributed by atoms with Crippen molar-refractivity contribution in [2.24, 2.45) is 0 Å². The van der Waals surface area contributed by atoms with E-state index in [-0.39, 0.29) is 12.7 Å². The van der Waals surface area contributed by atoms with Gasteiger partial charge in [-0.3, -0.25) is 0 Å². The van der Waals surface area contributed by atoms with Crippen LogP contribution in [0.3, 0.4) is 0 Å². The molecule has 0 aliphatic rings. The quantitative estimate of drug-likeness (QED) is 0.507. The number of carbonyl (C=O) groups is 1. The first-order valence-electron chi connectivity index (χ1n) is 4.11. The molecular formula is C8H16O4. The Hall–Kier alpha value is -0.770.